The zero-order valence-electron chi connectivity index (χ0n) is 15.2. The van der Waals surface area contributed by atoms with E-state index in [1.165, 1.54) is 13.2 Å². The zero-order valence-corrected chi connectivity index (χ0v) is 15.2. The molecule has 0 aliphatic carbocycles. The fourth-order valence-corrected chi connectivity index (χ4v) is 3.43. The van der Waals surface area contributed by atoms with E-state index in [0.29, 0.717) is 35.4 Å². The Morgan fingerprint density at radius 3 is 2.29 bits per heavy atom. The molecular weight excluding hydrogens is 309 g/mol. The molecule has 1 aliphatic heterocycles. The van der Waals surface area contributed by atoms with Crippen LogP contribution in [0, 0.1) is 17.7 Å². The Bertz CT molecular complexity index is 528. The lowest BCUT2D eigenvalue weighted by atomic mass is 9.87. The van der Waals surface area contributed by atoms with Crippen LogP contribution in [0.3, 0.4) is 0 Å². The van der Waals surface area contributed by atoms with Gasteiger partial charge in [-0.05, 0) is 50.3 Å². The number of rotatable bonds is 7. The highest BCUT2D eigenvalue weighted by Gasteiger charge is 2.26. The summed E-state index contributed by atoms with van der Waals surface area (Å²) >= 11 is 0. The van der Waals surface area contributed by atoms with Crippen molar-refractivity contribution in [3.05, 3.63) is 23.5 Å². The molecule has 4 nitrogen and oxygen atoms in total. The number of nitrogens with zero attached hydrogens (tertiary/aromatic N) is 1. The lowest BCUT2D eigenvalue weighted by Gasteiger charge is -2.34. The predicted octanol–water partition coefficient (Wildman–Crippen LogP) is 3.46. The lowest BCUT2D eigenvalue weighted by Crippen LogP contribution is -2.37. The minimum atomic E-state index is -0.269. The molecule has 1 N–H and O–H groups in total. The number of hydrogen-bond acceptors (Lipinski definition) is 4. The maximum Gasteiger partial charge on any atom is 0.163 e. The maximum atomic E-state index is 14.3. The standard InChI is InChI=1S/C19H30FNO3/c1-13(2)9-17(22)14-5-7-21(8-6-14)12-15-10-18(23-3)19(24-4)11-16(15)20/h10-11,13-14,17,22H,5-9,12H2,1-4H3/t17-/m1/s1. The fraction of sp³-hybridized carbons (Fsp3) is 0.684. The van der Waals surface area contributed by atoms with Crippen molar-refractivity contribution in [2.24, 2.45) is 11.8 Å². The van der Waals surface area contributed by atoms with Crippen molar-refractivity contribution in [3.8, 4) is 11.5 Å². The van der Waals surface area contributed by atoms with Gasteiger partial charge in [-0.3, -0.25) is 4.90 Å². The number of piperidine rings is 1. The van der Waals surface area contributed by atoms with Gasteiger partial charge in [0.05, 0.1) is 20.3 Å². The first kappa shape index (κ1) is 19.0. The molecule has 0 radical (unpaired) electrons. The number of benzene rings is 1. The second kappa shape index (κ2) is 8.67. The second-order valence-electron chi connectivity index (χ2n) is 7.11. The molecule has 1 saturated heterocycles. The van der Waals surface area contributed by atoms with Crippen LogP contribution in [0.1, 0.15) is 38.7 Å². The monoisotopic (exact) mass is 339 g/mol. The van der Waals surface area contributed by atoms with Crippen LogP contribution in [0.15, 0.2) is 12.1 Å². The van der Waals surface area contributed by atoms with Crippen LogP contribution in [-0.4, -0.2) is 43.4 Å². The summed E-state index contributed by atoms with van der Waals surface area (Å²) in [5, 5.41) is 10.3. The van der Waals surface area contributed by atoms with Crippen LogP contribution in [0.25, 0.3) is 0 Å². The SMILES string of the molecule is COc1cc(F)c(CN2CCC([C@H](O)CC(C)C)CC2)cc1OC. The Kier molecular flexibility index (Phi) is 6.87. The first-order valence-electron chi connectivity index (χ1n) is 8.75. The minimum Gasteiger partial charge on any atom is -0.493 e. The van der Waals surface area contributed by atoms with Gasteiger partial charge in [-0.1, -0.05) is 13.8 Å². The maximum absolute atomic E-state index is 14.3. The summed E-state index contributed by atoms with van der Waals surface area (Å²) in [5.41, 5.74) is 0.619. The Labute approximate surface area is 144 Å². The summed E-state index contributed by atoms with van der Waals surface area (Å²) in [6.07, 6.45) is 2.56. The highest BCUT2D eigenvalue weighted by Crippen LogP contribution is 2.31. The third-order valence-corrected chi connectivity index (χ3v) is 4.84. The third-order valence-electron chi connectivity index (χ3n) is 4.84. The number of ether oxygens (including phenoxy) is 2. The highest BCUT2D eigenvalue weighted by molar-refractivity contribution is 5.43. The van der Waals surface area contributed by atoms with Gasteiger partial charge >= 0.3 is 0 Å². The molecule has 136 valence electrons. The number of likely N-dealkylation sites (tertiary alicyclic amines) is 1. The van der Waals surface area contributed by atoms with Crippen LogP contribution in [-0.2, 0) is 6.54 Å². The quantitative estimate of drug-likeness (QED) is 0.826. The van der Waals surface area contributed by atoms with Crippen LogP contribution in [0.5, 0.6) is 11.5 Å². The van der Waals surface area contributed by atoms with E-state index in [1.54, 1.807) is 13.2 Å². The average Bonchev–Trinajstić information content (AvgIpc) is 2.56. The summed E-state index contributed by atoms with van der Waals surface area (Å²) in [5.74, 6) is 1.57. The molecule has 1 atom stereocenters. The Hall–Kier alpha value is -1.33. The molecule has 24 heavy (non-hydrogen) atoms. The third kappa shape index (κ3) is 4.84. The van der Waals surface area contributed by atoms with Crippen molar-refractivity contribution in [1.29, 1.82) is 0 Å². The topological polar surface area (TPSA) is 41.9 Å². The molecule has 1 aromatic carbocycles. The summed E-state index contributed by atoms with van der Waals surface area (Å²) < 4.78 is 24.6. The number of halogens is 1. The lowest BCUT2D eigenvalue weighted by molar-refractivity contribution is 0.0434. The Balaban J connectivity index is 1.94. The van der Waals surface area contributed by atoms with Crippen molar-refractivity contribution in [1.82, 2.24) is 4.90 Å². The van der Waals surface area contributed by atoms with Crippen molar-refractivity contribution in [3.63, 3.8) is 0 Å². The van der Waals surface area contributed by atoms with Gasteiger partial charge in [-0.2, -0.15) is 0 Å². The van der Waals surface area contributed by atoms with Gasteiger partial charge in [0.2, 0.25) is 0 Å². The van der Waals surface area contributed by atoms with E-state index in [2.05, 4.69) is 18.7 Å². The second-order valence-corrected chi connectivity index (χ2v) is 7.11. The molecule has 0 amide bonds. The first-order chi connectivity index (χ1) is 11.4. The summed E-state index contributed by atoms with van der Waals surface area (Å²) in [6, 6.07) is 3.10. The van der Waals surface area contributed by atoms with Crippen LogP contribution < -0.4 is 9.47 Å². The van der Waals surface area contributed by atoms with Gasteiger partial charge in [0.25, 0.3) is 0 Å². The van der Waals surface area contributed by atoms with Crippen molar-refractivity contribution < 1.29 is 19.0 Å². The van der Waals surface area contributed by atoms with Gasteiger partial charge in [-0.15, -0.1) is 0 Å². The number of aliphatic hydroxyl groups excluding tert-OH is 1. The molecule has 0 aromatic heterocycles. The van der Waals surface area contributed by atoms with Crippen LogP contribution in [0.2, 0.25) is 0 Å². The molecular formula is C19H30FNO3. The number of hydrogen-bond donors (Lipinski definition) is 1. The molecule has 1 aliphatic rings. The largest absolute Gasteiger partial charge is 0.493 e. The summed E-state index contributed by atoms with van der Waals surface area (Å²) in [4.78, 5) is 2.24. The average molecular weight is 339 g/mol. The van der Waals surface area contributed by atoms with Crippen molar-refractivity contribution in [2.45, 2.75) is 45.8 Å². The molecule has 0 spiro atoms. The molecule has 0 unspecified atom stereocenters. The van der Waals surface area contributed by atoms with E-state index in [9.17, 15) is 9.50 Å². The summed E-state index contributed by atoms with van der Waals surface area (Å²) in [7, 11) is 3.06. The van der Waals surface area contributed by atoms with E-state index >= 15 is 0 Å². The van der Waals surface area contributed by atoms with Gasteiger partial charge in [0.15, 0.2) is 11.5 Å². The Morgan fingerprint density at radius 1 is 1.17 bits per heavy atom. The molecule has 1 heterocycles. The smallest absolute Gasteiger partial charge is 0.163 e. The van der Waals surface area contributed by atoms with E-state index < -0.39 is 0 Å². The van der Waals surface area contributed by atoms with Crippen molar-refractivity contribution >= 4 is 0 Å². The van der Waals surface area contributed by atoms with Crippen LogP contribution >= 0.6 is 0 Å². The summed E-state index contributed by atoms with van der Waals surface area (Å²) in [6.45, 7) is 6.59. The minimum absolute atomic E-state index is 0.218. The van der Waals surface area contributed by atoms with Gasteiger partial charge in [0.1, 0.15) is 5.82 Å². The number of aliphatic hydroxyl groups is 1. The van der Waals surface area contributed by atoms with Gasteiger partial charge in [0, 0.05) is 18.2 Å². The van der Waals surface area contributed by atoms with E-state index in [-0.39, 0.29) is 11.9 Å². The fourth-order valence-electron chi connectivity index (χ4n) is 3.43. The molecule has 1 aromatic rings. The van der Waals surface area contributed by atoms with E-state index in [4.69, 9.17) is 9.47 Å². The predicted molar refractivity (Wildman–Crippen MR) is 93.0 cm³/mol. The molecule has 1 fully saturated rings. The van der Waals surface area contributed by atoms with E-state index in [1.807, 2.05) is 0 Å². The molecule has 5 heteroatoms. The normalized spacial score (nSPS) is 18.0. The first-order valence-corrected chi connectivity index (χ1v) is 8.75. The Morgan fingerprint density at radius 2 is 1.75 bits per heavy atom. The van der Waals surface area contributed by atoms with Gasteiger partial charge in [-0.25, -0.2) is 4.39 Å². The van der Waals surface area contributed by atoms with Crippen LogP contribution in [0.4, 0.5) is 4.39 Å². The molecule has 0 bridgehead atoms. The molecule has 0 saturated carbocycles. The number of methoxy groups -OCH3 is 2. The van der Waals surface area contributed by atoms with E-state index in [0.717, 1.165) is 32.4 Å². The molecule has 2 rings (SSSR count). The highest BCUT2D eigenvalue weighted by atomic mass is 19.1. The van der Waals surface area contributed by atoms with Crippen molar-refractivity contribution in [2.75, 3.05) is 27.3 Å². The zero-order chi connectivity index (χ0) is 17.7. The van der Waals surface area contributed by atoms with Gasteiger partial charge < -0.3 is 14.6 Å².